The molecule has 0 aliphatic carbocycles. The van der Waals surface area contributed by atoms with Crippen molar-refractivity contribution in [1.82, 2.24) is 5.43 Å². The lowest BCUT2D eigenvalue weighted by atomic mass is 10.0. The summed E-state index contributed by atoms with van der Waals surface area (Å²) in [6.45, 7) is 4.28. The third-order valence-electron chi connectivity index (χ3n) is 3.21. The van der Waals surface area contributed by atoms with Crippen LogP contribution >= 0.6 is 15.9 Å². The molecule has 0 aromatic heterocycles. The highest BCUT2D eigenvalue weighted by atomic mass is 79.9. The van der Waals surface area contributed by atoms with E-state index in [4.69, 9.17) is 0 Å². The van der Waals surface area contributed by atoms with Crippen LogP contribution in [0.3, 0.4) is 0 Å². The third kappa shape index (κ3) is 5.53. The van der Waals surface area contributed by atoms with Crippen LogP contribution in [0, 0.1) is 5.92 Å². The molecule has 0 heterocycles. The summed E-state index contributed by atoms with van der Waals surface area (Å²) in [5.41, 5.74) is 5.39. The van der Waals surface area contributed by atoms with Crippen molar-refractivity contribution in [3.63, 3.8) is 0 Å². The summed E-state index contributed by atoms with van der Waals surface area (Å²) in [6.07, 6.45) is 0. The number of benzene rings is 2. The fraction of sp³-hybridized carbons (Fsp3) is 0.222. The smallest absolute Gasteiger partial charge is 0.259 e. The summed E-state index contributed by atoms with van der Waals surface area (Å²) in [6, 6.07) is 17.5. The zero-order valence-electron chi connectivity index (χ0n) is 13.2. The first kappa shape index (κ1) is 17.2. The van der Waals surface area contributed by atoms with Gasteiger partial charge in [-0.25, -0.2) is 5.43 Å². The van der Waals surface area contributed by atoms with E-state index >= 15 is 0 Å². The molecule has 0 bridgehead atoms. The van der Waals surface area contributed by atoms with Gasteiger partial charge in [-0.2, -0.15) is 5.10 Å². The van der Waals surface area contributed by atoms with Gasteiger partial charge in [0.25, 0.3) is 5.91 Å². The minimum atomic E-state index is -0.179. The number of carbonyl (C=O) groups is 1. The number of hydrazone groups is 1. The maximum atomic E-state index is 12.0. The molecule has 2 aromatic rings. The van der Waals surface area contributed by atoms with Crippen LogP contribution in [0.4, 0.5) is 5.69 Å². The molecule has 5 heteroatoms. The topological polar surface area (TPSA) is 53.5 Å². The Hall–Kier alpha value is -2.14. The van der Waals surface area contributed by atoms with Gasteiger partial charge >= 0.3 is 0 Å². The van der Waals surface area contributed by atoms with Crippen molar-refractivity contribution in [2.45, 2.75) is 13.8 Å². The highest BCUT2D eigenvalue weighted by Gasteiger charge is 2.09. The van der Waals surface area contributed by atoms with Crippen molar-refractivity contribution < 1.29 is 4.79 Å². The molecule has 0 unspecified atom stereocenters. The van der Waals surface area contributed by atoms with Gasteiger partial charge in [-0.15, -0.1) is 0 Å². The van der Waals surface area contributed by atoms with Gasteiger partial charge in [-0.3, -0.25) is 4.79 Å². The van der Waals surface area contributed by atoms with Gasteiger partial charge in [0.2, 0.25) is 0 Å². The average molecular weight is 374 g/mol. The summed E-state index contributed by atoms with van der Waals surface area (Å²) in [4.78, 5) is 12.0. The van der Waals surface area contributed by atoms with Gasteiger partial charge in [-0.05, 0) is 35.7 Å². The van der Waals surface area contributed by atoms with E-state index < -0.39 is 0 Å². The number of carbonyl (C=O) groups excluding carboxylic acids is 1. The molecule has 23 heavy (non-hydrogen) atoms. The Bertz CT molecular complexity index is 666. The molecule has 4 nitrogen and oxygen atoms in total. The van der Waals surface area contributed by atoms with Gasteiger partial charge in [0, 0.05) is 10.2 Å². The van der Waals surface area contributed by atoms with Crippen molar-refractivity contribution >= 4 is 33.2 Å². The highest BCUT2D eigenvalue weighted by molar-refractivity contribution is 9.10. The van der Waals surface area contributed by atoms with Crippen LogP contribution in [0.5, 0.6) is 0 Å². The molecule has 0 aliphatic rings. The van der Waals surface area contributed by atoms with Crippen LogP contribution in [0.15, 0.2) is 64.2 Å². The van der Waals surface area contributed by atoms with Crippen LogP contribution in [0.2, 0.25) is 0 Å². The van der Waals surface area contributed by atoms with E-state index in [1.807, 2.05) is 54.6 Å². The molecule has 0 saturated carbocycles. The summed E-state index contributed by atoms with van der Waals surface area (Å²) >= 11 is 3.38. The summed E-state index contributed by atoms with van der Waals surface area (Å²) < 4.78 is 1.00. The number of hydrogen-bond donors (Lipinski definition) is 2. The number of nitrogens with zero attached hydrogens (tertiary/aromatic N) is 1. The fourth-order valence-corrected chi connectivity index (χ4v) is 2.31. The van der Waals surface area contributed by atoms with E-state index in [1.54, 1.807) is 0 Å². The summed E-state index contributed by atoms with van der Waals surface area (Å²) in [5, 5.41) is 7.35. The second-order valence-corrected chi connectivity index (χ2v) is 6.33. The number of nitrogens with one attached hydrogen (secondary N) is 2. The van der Waals surface area contributed by atoms with E-state index in [1.165, 1.54) is 0 Å². The Morgan fingerprint density at radius 3 is 2.35 bits per heavy atom. The quantitative estimate of drug-likeness (QED) is 0.592. The summed E-state index contributed by atoms with van der Waals surface area (Å²) in [5.74, 6) is 0.0409. The summed E-state index contributed by atoms with van der Waals surface area (Å²) in [7, 11) is 0. The molecule has 0 aliphatic heterocycles. The SMILES string of the molecule is CC(C)/C(=N/NC(=O)CNc1ccc(Br)cc1)c1ccccc1. The van der Waals surface area contributed by atoms with E-state index in [0.717, 1.165) is 21.4 Å². The first-order valence-electron chi connectivity index (χ1n) is 7.47. The van der Waals surface area contributed by atoms with E-state index in [9.17, 15) is 4.79 Å². The molecule has 120 valence electrons. The number of anilines is 1. The molecule has 0 saturated heterocycles. The third-order valence-corrected chi connectivity index (χ3v) is 3.74. The molecule has 0 spiro atoms. The van der Waals surface area contributed by atoms with Gasteiger partial charge in [0.05, 0.1) is 12.3 Å². The van der Waals surface area contributed by atoms with E-state index in [-0.39, 0.29) is 18.4 Å². The predicted octanol–water partition coefficient (Wildman–Crippen LogP) is 4.04. The minimum Gasteiger partial charge on any atom is -0.376 e. The first-order chi connectivity index (χ1) is 11.1. The first-order valence-corrected chi connectivity index (χ1v) is 8.27. The van der Waals surface area contributed by atoms with Crippen molar-refractivity contribution in [1.29, 1.82) is 0 Å². The Labute approximate surface area is 145 Å². The zero-order valence-corrected chi connectivity index (χ0v) is 14.8. The molecule has 0 atom stereocenters. The molecular formula is C18H20BrN3O. The molecule has 2 rings (SSSR count). The normalized spacial score (nSPS) is 11.4. The molecule has 2 N–H and O–H groups in total. The molecule has 0 radical (unpaired) electrons. The Balaban J connectivity index is 1.94. The molecule has 1 amide bonds. The second-order valence-electron chi connectivity index (χ2n) is 5.41. The fourth-order valence-electron chi connectivity index (χ4n) is 2.05. The van der Waals surface area contributed by atoms with Crippen LogP contribution in [-0.2, 0) is 4.79 Å². The van der Waals surface area contributed by atoms with E-state index in [0.29, 0.717) is 0 Å². The van der Waals surface area contributed by atoms with E-state index in [2.05, 4.69) is 45.6 Å². The molecular weight excluding hydrogens is 354 g/mol. The monoisotopic (exact) mass is 373 g/mol. The van der Waals surface area contributed by atoms with Crippen LogP contribution < -0.4 is 10.7 Å². The minimum absolute atomic E-state index is 0.172. The predicted molar refractivity (Wildman–Crippen MR) is 98.6 cm³/mol. The Morgan fingerprint density at radius 2 is 1.74 bits per heavy atom. The lowest BCUT2D eigenvalue weighted by molar-refractivity contribution is -0.119. The lowest BCUT2D eigenvalue weighted by Crippen LogP contribution is -2.28. The lowest BCUT2D eigenvalue weighted by Gasteiger charge is -2.11. The van der Waals surface area contributed by atoms with Crippen molar-refractivity contribution in [2.75, 3.05) is 11.9 Å². The number of amides is 1. The molecule has 2 aromatic carbocycles. The van der Waals surface area contributed by atoms with Crippen LogP contribution in [0.25, 0.3) is 0 Å². The van der Waals surface area contributed by atoms with Crippen LogP contribution in [0.1, 0.15) is 19.4 Å². The average Bonchev–Trinajstić information content (AvgIpc) is 2.55. The Kier molecular flexibility index (Phi) is 6.35. The van der Waals surface area contributed by atoms with Gasteiger partial charge in [-0.1, -0.05) is 60.1 Å². The second kappa shape index (κ2) is 8.48. The largest absolute Gasteiger partial charge is 0.376 e. The van der Waals surface area contributed by atoms with Gasteiger partial charge in [0.1, 0.15) is 0 Å². The van der Waals surface area contributed by atoms with Crippen molar-refractivity contribution in [3.8, 4) is 0 Å². The highest BCUT2D eigenvalue weighted by Crippen LogP contribution is 2.13. The van der Waals surface area contributed by atoms with Crippen molar-refractivity contribution in [3.05, 3.63) is 64.6 Å². The van der Waals surface area contributed by atoms with Gasteiger partial charge < -0.3 is 5.32 Å². The van der Waals surface area contributed by atoms with Crippen molar-refractivity contribution in [2.24, 2.45) is 11.0 Å². The molecule has 0 fully saturated rings. The van der Waals surface area contributed by atoms with Gasteiger partial charge in [0.15, 0.2) is 0 Å². The van der Waals surface area contributed by atoms with Crippen LogP contribution in [-0.4, -0.2) is 18.2 Å². The number of rotatable bonds is 6. The zero-order chi connectivity index (χ0) is 16.7. The maximum Gasteiger partial charge on any atom is 0.259 e. The Morgan fingerprint density at radius 1 is 1.09 bits per heavy atom. The standard InChI is InChI=1S/C18H20BrN3O/c1-13(2)18(14-6-4-3-5-7-14)22-21-17(23)12-20-16-10-8-15(19)9-11-16/h3-11,13,20H,12H2,1-2H3,(H,21,23)/b22-18-. The number of halogens is 1. The number of hydrogen-bond acceptors (Lipinski definition) is 3. The maximum absolute atomic E-state index is 12.0.